The van der Waals surface area contributed by atoms with Gasteiger partial charge in [0.1, 0.15) is 11.7 Å². The second-order valence-corrected chi connectivity index (χ2v) is 8.14. The highest BCUT2D eigenvalue weighted by Crippen LogP contribution is 2.41. The molecule has 1 amide bonds. The van der Waals surface area contributed by atoms with Gasteiger partial charge in [-0.05, 0) is 53.5 Å². The highest BCUT2D eigenvalue weighted by atomic mass is 35.5. The number of ether oxygens (including phenoxy) is 1. The molecule has 1 fully saturated rings. The van der Waals surface area contributed by atoms with Gasteiger partial charge in [-0.3, -0.25) is 4.90 Å². The van der Waals surface area contributed by atoms with Gasteiger partial charge in [-0.2, -0.15) is 0 Å². The highest BCUT2D eigenvalue weighted by molar-refractivity contribution is 6.31. The third-order valence-corrected chi connectivity index (χ3v) is 4.56. The molecule has 1 saturated heterocycles. The third-order valence-electron chi connectivity index (χ3n) is 4.21. The summed E-state index contributed by atoms with van der Waals surface area (Å²) in [5.41, 5.74) is -0.296. The van der Waals surface area contributed by atoms with Gasteiger partial charge >= 0.3 is 6.09 Å². The molecular weight excluding hydrogens is 314 g/mol. The van der Waals surface area contributed by atoms with Crippen LogP contribution in [0.1, 0.15) is 59.1 Å². The SMILES string of the molecule is CC(C)(C)OC(=O)N1[C@@H]([C@@H](O)c2ccccc2Cl)CCC1(C)C. The first-order valence-corrected chi connectivity index (χ1v) is 8.35. The number of rotatable bonds is 2. The maximum atomic E-state index is 12.7. The van der Waals surface area contributed by atoms with Gasteiger partial charge in [-0.25, -0.2) is 4.79 Å². The van der Waals surface area contributed by atoms with E-state index in [4.69, 9.17) is 16.3 Å². The summed E-state index contributed by atoms with van der Waals surface area (Å²) in [4.78, 5) is 14.3. The lowest BCUT2D eigenvalue weighted by Gasteiger charge is -2.38. The van der Waals surface area contributed by atoms with Gasteiger partial charge in [0.2, 0.25) is 0 Å². The first kappa shape index (κ1) is 18.1. The second-order valence-electron chi connectivity index (χ2n) is 7.74. The van der Waals surface area contributed by atoms with Gasteiger partial charge in [-0.15, -0.1) is 0 Å². The van der Waals surface area contributed by atoms with Crippen molar-refractivity contribution >= 4 is 17.7 Å². The predicted octanol–water partition coefficient (Wildman–Crippen LogP) is 4.55. The van der Waals surface area contributed by atoms with E-state index in [0.29, 0.717) is 17.0 Å². The number of amides is 1. The van der Waals surface area contributed by atoms with Crippen LogP contribution in [0, 0.1) is 0 Å². The van der Waals surface area contributed by atoms with Crippen molar-refractivity contribution in [3.05, 3.63) is 34.9 Å². The van der Waals surface area contributed by atoms with Crippen molar-refractivity contribution in [3.63, 3.8) is 0 Å². The van der Waals surface area contributed by atoms with Crippen LogP contribution in [-0.4, -0.2) is 33.3 Å². The first-order chi connectivity index (χ1) is 10.5. The summed E-state index contributed by atoms with van der Waals surface area (Å²) in [7, 11) is 0. The van der Waals surface area contributed by atoms with Gasteiger partial charge in [0.05, 0.1) is 6.04 Å². The van der Waals surface area contributed by atoms with E-state index in [1.807, 2.05) is 46.8 Å². The van der Waals surface area contributed by atoms with Crippen molar-refractivity contribution < 1.29 is 14.6 Å². The van der Waals surface area contributed by atoms with Crippen LogP contribution in [0.15, 0.2) is 24.3 Å². The number of hydrogen-bond donors (Lipinski definition) is 1. The van der Waals surface area contributed by atoms with Crippen LogP contribution >= 0.6 is 11.6 Å². The molecule has 0 bridgehead atoms. The summed E-state index contributed by atoms with van der Waals surface area (Å²) in [5.74, 6) is 0. The molecule has 0 radical (unpaired) electrons. The molecule has 1 aromatic carbocycles. The fraction of sp³-hybridized carbons (Fsp3) is 0.611. The molecule has 1 aromatic rings. The summed E-state index contributed by atoms with van der Waals surface area (Å²) in [5, 5.41) is 11.3. The predicted molar refractivity (Wildman–Crippen MR) is 91.6 cm³/mol. The van der Waals surface area contributed by atoms with Crippen LogP contribution in [0.2, 0.25) is 5.02 Å². The Labute approximate surface area is 143 Å². The van der Waals surface area contributed by atoms with Crippen LogP contribution in [-0.2, 0) is 4.74 Å². The topological polar surface area (TPSA) is 49.8 Å². The van der Waals surface area contributed by atoms with Gasteiger partial charge in [-0.1, -0.05) is 29.8 Å². The molecule has 0 aliphatic carbocycles. The molecular formula is C18H26ClNO3. The molecule has 1 aliphatic heterocycles. The van der Waals surface area contributed by atoms with Gasteiger partial charge in [0.15, 0.2) is 0 Å². The summed E-state index contributed by atoms with van der Waals surface area (Å²) in [6.45, 7) is 9.51. The Bertz CT molecular complexity index is 580. The Morgan fingerprint density at radius 1 is 1.39 bits per heavy atom. The molecule has 2 atom stereocenters. The van der Waals surface area contributed by atoms with Crippen LogP contribution in [0.4, 0.5) is 4.79 Å². The molecule has 0 saturated carbocycles. The van der Waals surface area contributed by atoms with Crippen LogP contribution in [0.3, 0.4) is 0 Å². The average Bonchev–Trinajstić information content (AvgIpc) is 2.72. The Kier molecular flexibility index (Phi) is 4.97. The molecule has 0 unspecified atom stereocenters. The largest absolute Gasteiger partial charge is 0.444 e. The molecule has 23 heavy (non-hydrogen) atoms. The molecule has 0 spiro atoms. The number of halogens is 1. The van der Waals surface area contributed by atoms with Crippen molar-refractivity contribution in [2.75, 3.05) is 0 Å². The van der Waals surface area contributed by atoms with E-state index >= 15 is 0 Å². The number of carbonyl (C=O) groups is 1. The number of carbonyl (C=O) groups excluding carboxylic acids is 1. The number of benzene rings is 1. The van der Waals surface area contributed by atoms with Crippen LogP contribution in [0.25, 0.3) is 0 Å². The Morgan fingerprint density at radius 3 is 2.57 bits per heavy atom. The number of aliphatic hydroxyl groups is 1. The van der Waals surface area contributed by atoms with Crippen molar-refractivity contribution in [1.29, 1.82) is 0 Å². The van der Waals surface area contributed by atoms with E-state index < -0.39 is 17.8 Å². The quantitative estimate of drug-likeness (QED) is 0.859. The lowest BCUT2D eigenvalue weighted by atomic mass is 10.00. The van der Waals surface area contributed by atoms with Gasteiger partial charge in [0, 0.05) is 16.1 Å². The molecule has 0 aromatic heterocycles. The lowest BCUT2D eigenvalue weighted by Crippen LogP contribution is -2.50. The Morgan fingerprint density at radius 2 is 2.00 bits per heavy atom. The number of hydrogen-bond acceptors (Lipinski definition) is 3. The normalized spacial score (nSPS) is 22.0. The fourth-order valence-electron chi connectivity index (χ4n) is 3.11. The molecule has 128 valence electrons. The second kappa shape index (κ2) is 6.33. The first-order valence-electron chi connectivity index (χ1n) is 7.98. The lowest BCUT2D eigenvalue weighted by molar-refractivity contribution is -0.0166. The van der Waals surface area contributed by atoms with Gasteiger partial charge < -0.3 is 9.84 Å². The number of aliphatic hydroxyl groups excluding tert-OH is 1. The summed E-state index contributed by atoms with van der Waals surface area (Å²) >= 11 is 6.21. The Balaban J connectivity index is 2.30. The maximum absolute atomic E-state index is 12.7. The van der Waals surface area contributed by atoms with Crippen molar-refractivity contribution in [3.8, 4) is 0 Å². The van der Waals surface area contributed by atoms with E-state index in [9.17, 15) is 9.90 Å². The maximum Gasteiger partial charge on any atom is 0.411 e. The minimum Gasteiger partial charge on any atom is -0.444 e. The molecule has 5 heteroatoms. The van der Waals surface area contributed by atoms with Gasteiger partial charge in [0.25, 0.3) is 0 Å². The zero-order chi connectivity index (χ0) is 17.4. The zero-order valence-corrected chi connectivity index (χ0v) is 15.2. The van der Waals surface area contributed by atoms with E-state index in [-0.39, 0.29) is 11.6 Å². The summed E-state index contributed by atoms with van der Waals surface area (Å²) in [6, 6.07) is 6.86. The van der Waals surface area contributed by atoms with E-state index in [0.717, 1.165) is 6.42 Å². The number of nitrogens with zero attached hydrogens (tertiary/aromatic N) is 1. The summed E-state index contributed by atoms with van der Waals surface area (Å²) in [6.07, 6.45) is 0.283. The molecule has 1 heterocycles. The van der Waals surface area contributed by atoms with Crippen molar-refractivity contribution in [1.82, 2.24) is 4.90 Å². The standard InChI is InChI=1S/C18H26ClNO3/c1-17(2,3)23-16(22)20-14(10-11-18(20,4)5)15(21)12-8-6-7-9-13(12)19/h6-9,14-15,21H,10-11H2,1-5H3/t14-,15+/m1/s1. The number of likely N-dealkylation sites (tertiary alicyclic amines) is 1. The Hall–Kier alpha value is -1.26. The molecule has 2 rings (SSSR count). The molecule has 1 N–H and O–H groups in total. The van der Waals surface area contributed by atoms with Crippen molar-refractivity contribution in [2.45, 2.75) is 70.7 Å². The van der Waals surface area contributed by atoms with Crippen LogP contribution in [0.5, 0.6) is 0 Å². The molecule has 4 nitrogen and oxygen atoms in total. The van der Waals surface area contributed by atoms with E-state index in [1.165, 1.54) is 0 Å². The minimum absolute atomic E-state index is 0.347. The van der Waals surface area contributed by atoms with E-state index in [1.54, 1.807) is 17.0 Å². The summed E-state index contributed by atoms with van der Waals surface area (Å²) < 4.78 is 5.55. The van der Waals surface area contributed by atoms with E-state index in [2.05, 4.69) is 0 Å². The third kappa shape index (κ3) is 3.99. The highest BCUT2D eigenvalue weighted by Gasteiger charge is 2.47. The zero-order valence-electron chi connectivity index (χ0n) is 14.5. The average molecular weight is 340 g/mol. The molecule has 1 aliphatic rings. The smallest absolute Gasteiger partial charge is 0.411 e. The monoisotopic (exact) mass is 339 g/mol. The van der Waals surface area contributed by atoms with Crippen LogP contribution < -0.4 is 0 Å². The fourth-order valence-corrected chi connectivity index (χ4v) is 3.36. The minimum atomic E-state index is -0.835. The van der Waals surface area contributed by atoms with Crippen molar-refractivity contribution in [2.24, 2.45) is 0 Å².